The summed E-state index contributed by atoms with van der Waals surface area (Å²) in [7, 11) is 1.39. The molecule has 0 radical (unpaired) electrons. The summed E-state index contributed by atoms with van der Waals surface area (Å²) in [6, 6.07) is 0. The van der Waals surface area contributed by atoms with Gasteiger partial charge in [-0.2, -0.15) is 0 Å². The van der Waals surface area contributed by atoms with Gasteiger partial charge in [0.05, 0.1) is 7.11 Å². The smallest absolute Gasteiger partial charge is 0.438 e. The number of methoxy groups -OCH3 is 1. The molecular formula is C22H32O4. The molecular weight excluding hydrogens is 328 g/mol. The summed E-state index contributed by atoms with van der Waals surface area (Å²) in [5, 5.41) is 0. The summed E-state index contributed by atoms with van der Waals surface area (Å²) in [5.41, 5.74) is 1.47. The zero-order valence-corrected chi connectivity index (χ0v) is 16.5. The molecule has 3 saturated carbocycles. The van der Waals surface area contributed by atoms with E-state index in [4.69, 9.17) is 9.47 Å². The summed E-state index contributed by atoms with van der Waals surface area (Å²) < 4.78 is 10.5. The number of hydrogen-bond acceptors (Lipinski definition) is 4. The van der Waals surface area contributed by atoms with Crippen LogP contribution in [0.15, 0.2) is 11.6 Å². The summed E-state index contributed by atoms with van der Waals surface area (Å²) in [6.07, 6.45) is 7.41. The molecule has 0 N–H and O–H groups in total. The first kappa shape index (κ1) is 18.1. The first-order valence-electron chi connectivity index (χ1n) is 10.3. The Morgan fingerprint density at radius 3 is 2.65 bits per heavy atom. The molecule has 4 heteroatoms. The van der Waals surface area contributed by atoms with Gasteiger partial charge in [0, 0.05) is 11.8 Å². The Bertz CT molecular complexity index is 638. The quantitative estimate of drug-likeness (QED) is 0.632. The molecule has 8 atom stereocenters. The highest BCUT2D eigenvalue weighted by Crippen LogP contribution is 2.65. The standard InChI is InChI=1S/C22H32O4/c1-12-9-14-10-15(23)5-6-16(14)19-13(2)11-22(3)17(20(12)19)7-8-18(22)26-21(24)25-4/h10,12-13,16-20H,5-9,11H2,1-4H3/t12-,13?,16-,17-,18-,19+,20-,22-/m0/s1. The minimum atomic E-state index is -0.542. The summed E-state index contributed by atoms with van der Waals surface area (Å²) in [5.74, 6) is 4.05. The predicted octanol–water partition coefficient (Wildman–Crippen LogP) is 4.77. The Morgan fingerprint density at radius 1 is 1.15 bits per heavy atom. The van der Waals surface area contributed by atoms with Crippen LogP contribution >= 0.6 is 0 Å². The van der Waals surface area contributed by atoms with Gasteiger partial charge in [-0.15, -0.1) is 0 Å². The molecule has 0 aliphatic heterocycles. The molecule has 4 rings (SSSR count). The Kier molecular flexibility index (Phi) is 4.44. The molecule has 0 heterocycles. The van der Waals surface area contributed by atoms with E-state index in [1.807, 2.05) is 6.08 Å². The Labute approximate surface area is 156 Å². The second-order valence-electron chi connectivity index (χ2n) is 9.60. The Hall–Kier alpha value is -1.32. The third-order valence-corrected chi connectivity index (χ3v) is 8.26. The Morgan fingerprint density at radius 2 is 1.92 bits per heavy atom. The van der Waals surface area contributed by atoms with Crippen molar-refractivity contribution in [1.82, 2.24) is 0 Å². The molecule has 0 saturated heterocycles. The summed E-state index contributed by atoms with van der Waals surface area (Å²) >= 11 is 0. The van der Waals surface area contributed by atoms with Crippen LogP contribution in [-0.2, 0) is 14.3 Å². The van der Waals surface area contributed by atoms with Crippen LogP contribution < -0.4 is 0 Å². The van der Waals surface area contributed by atoms with Crippen molar-refractivity contribution in [1.29, 1.82) is 0 Å². The molecule has 0 aromatic rings. The average molecular weight is 360 g/mol. The lowest BCUT2D eigenvalue weighted by atomic mass is 9.47. The topological polar surface area (TPSA) is 52.6 Å². The fourth-order valence-electron chi connectivity index (χ4n) is 7.45. The van der Waals surface area contributed by atoms with Crippen molar-refractivity contribution in [2.24, 2.45) is 40.9 Å². The van der Waals surface area contributed by atoms with Crippen molar-refractivity contribution in [3.8, 4) is 0 Å². The number of carbonyl (C=O) groups is 2. The van der Waals surface area contributed by atoms with Gasteiger partial charge in [0.2, 0.25) is 0 Å². The van der Waals surface area contributed by atoms with E-state index in [0.29, 0.717) is 47.7 Å². The van der Waals surface area contributed by atoms with Crippen molar-refractivity contribution in [3.63, 3.8) is 0 Å². The lowest BCUT2D eigenvalue weighted by Crippen LogP contribution is -2.54. The number of rotatable bonds is 1. The fourth-order valence-corrected chi connectivity index (χ4v) is 7.45. The van der Waals surface area contributed by atoms with Gasteiger partial charge in [-0.3, -0.25) is 4.79 Å². The summed E-state index contributed by atoms with van der Waals surface area (Å²) in [4.78, 5) is 23.7. The van der Waals surface area contributed by atoms with Crippen LogP contribution in [0.5, 0.6) is 0 Å². The van der Waals surface area contributed by atoms with Gasteiger partial charge >= 0.3 is 6.16 Å². The Balaban J connectivity index is 1.64. The second kappa shape index (κ2) is 6.38. The molecule has 4 aliphatic carbocycles. The van der Waals surface area contributed by atoms with E-state index in [1.54, 1.807) is 0 Å². The maximum atomic E-state index is 11.9. The van der Waals surface area contributed by atoms with Crippen molar-refractivity contribution >= 4 is 11.9 Å². The molecule has 0 spiro atoms. The minimum Gasteiger partial charge on any atom is -0.438 e. The molecule has 26 heavy (non-hydrogen) atoms. The summed E-state index contributed by atoms with van der Waals surface area (Å²) in [6.45, 7) is 7.10. The van der Waals surface area contributed by atoms with E-state index < -0.39 is 6.16 Å². The van der Waals surface area contributed by atoms with Crippen LogP contribution in [0.2, 0.25) is 0 Å². The zero-order chi connectivity index (χ0) is 18.6. The largest absolute Gasteiger partial charge is 0.508 e. The van der Waals surface area contributed by atoms with Gasteiger partial charge in [0.1, 0.15) is 6.10 Å². The van der Waals surface area contributed by atoms with Crippen LogP contribution in [0.3, 0.4) is 0 Å². The first-order chi connectivity index (χ1) is 12.3. The van der Waals surface area contributed by atoms with Crippen molar-refractivity contribution < 1.29 is 19.1 Å². The number of ketones is 1. The number of allylic oxidation sites excluding steroid dienone is 1. The highest BCUT2D eigenvalue weighted by atomic mass is 16.7. The maximum absolute atomic E-state index is 11.9. The van der Waals surface area contributed by atoms with Crippen LogP contribution in [0.4, 0.5) is 4.79 Å². The van der Waals surface area contributed by atoms with E-state index in [0.717, 1.165) is 32.1 Å². The van der Waals surface area contributed by atoms with Gasteiger partial charge in [-0.1, -0.05) is 26.3 Å². The molecule has 3 fully saturated rings. The molecule has 144 valence electrons. The maximum Gasteiger partial charge on any atom is 0.508 e. The van der Waals surface area contributed by atoms with Crippen LogP contribution in [0.1, 0.15) is 59.3 Å². The zero-order valence-electron chi connectivity index (χ0n) is 16.5. The molecule has 0 aromatic carbocycles. The molecule has 0 aromatic heterocycles. The average Bonchev–Trinajstić information content (AvgIpc) is 2.90. The molecule has 0 bridgehead atoms. The van der Waals surface area contributed by atoms with E-state index in [2.05, 4.69) is 20.8 Å². The van der Waals surface area contributed by atoms with Gasteiger partial charge in [0.25, 0.3) is 0 Å². The highest BCUT2D eigenvalue weighted by Gasteiger charge is 2.61. The third-order valence-electron chi connectivity index (χ3n) is 8.26. The SMILES string of the molecule is COC(=O)O[C@H]1CC[C@H]2[C@H]3[C@H](C(C)C[C@]12C)[C@H]1CCC(=O)C=C1C[C@@H]3C. The lowest BCUT2D eigenvalue weighted by Gasteiger charge is -2.58. The normalized spacial score (nSPS) is 47.3. The first-order valence-corrected chi connectivity index (χ1v) is 10.3. The van der Waals surface area contributed by atoms with Crippen molar-refractivity contribution in [2.75, 3.05) is 7.11 Å². The number of fused-ring (bicyclic) bond motifs is 5. The van der Waals surface area contributed by atoms with Crippen LogP contribution in [0, 0.1) is 40.9 Å². The van der Waals surface area contributed by atoms with Gasteiger partial charge < -0.3 is 9.47 Å². The van der Waals surface area contributed by atoms with Crippen LogP contribution in [-0.4, -0.2) is 25.2 Å². The number of ether oxygens (including phenoxy) is 2. The molecule has 0 amide bonds. The third kappa shape index (κ3) is 2.63. The van der Waals surface area contributed by atoms with Gasteiger partial charge in [-0.05, 0) is 73.7 Å². The number of hydrogen-bond donors (Lipinski definition) is 0. The van der Waals surface area contributed by atoms with Crippen molar-refractivity contribution in [3.05, 3.63) is 11.6 Å². The second-order valence-corrected chi connectivity index (χ2v) is 9.60. The fraction of sp³-hybridized carbons (Fsp3) is 0.818. The highest BCUT2D eigenvalue weighted by molar-refractivity contribution is 5.91. The number of carbonyl (C=O) groups excluding carboxylic acids is 2. The van der Waals surface area contributed by atoms with E-state index >= 15 is 0 Å². The lowest BCUT2D eigenvalue weighted by molar-refractivity contribution is -0.119. The van der Waals surface area contributed by atoms with Gasteiger partial charge in [0.15, 0.2) is 5.78 Å². The molecule has 4 aliphatic rings. The van der Waals surface area contributed by atoms with Gasteiger partial charge in [-0.25, -0.2) is 4.79 Å². The molecule has 4 nitrogen and oxygen atoms in total. The monoisotopic (exact) mass is 360 g/mol. The molecule has 1 unspecified atom stereocenters. The van der Waals surface area contributed by atoms with E-state index in [1.165, 1.54) is 12.7 Å². The van der Waals surface area contributed by atoms with E-state index in [9.17, 15) is 9.59 Å². The minimum absolute atomic E-state index is 0.0274. The van der Waals surface area contributed by atoms with Crippen molar-refractivity contribution in [2.45, 2.75) is 65.4 Å². The predicted molar refractivity (Wildman–Crippen MR) is 98.5 cm³/mol. The van der Waals surface area contributed by atoms with E-state index in [-0.39, 0.29) is 11.5 Å². The van der Waals surface area contributed by atoms with Crippen LogP contribution in [0.25, 0.3) is 0 Å².